The Morgan fingerprint density at radius 2 is 0.863 bits per heavy atom. The molecule has 47 heteroatoms. The molecule has 784 valence electrons. The van der Waals surface area contributed by atoms with Gasteiger partial charge in [-0.05, 0) is 142 Å². The Kier molecular flexibility index (Phi) is 34.8. The second-order valence-electron chi connectivity index (χ2n) is 34.9. The number of carboxylic acids is 1. The number of para-hydroxylation sites is 5. The maximum atomic E-state index is 14.8. The van der Waals surface area contributed by atoms with Crippen LogP contribution in [0.1, 0.15) is 136 Å². The second kappa shape index (κ2) is 46.6. The number of carbonyl (C=O) groups excluding carboxylic acids is 7. The summed E-state index contributed by atoms with van der Waals surface area (Å²) in [5.74, 6) is -6.16. The third-order valence-corrected chi connectivity index (χ3v) is 26.6. The molecule has 28 nitrogen and oxygen atoms in total. The van der Waals surface area contributed by atoms with Crippen LogP contribution in [0, 0.1) is 5.82 Å². The average molecular weight is 2090 g/mol. The Balaban J connectivity index is 0.000000184. The van der Waals surface area contributed by atoms with E-state index >= 15 is 0 Å². The number of carbonyl (C=O) groups is 8. The number of nitrogens with zero attached hydrogens (tertiary/aromatic N) is 12. The molecule has 0 radical (unpaired) electrons. The second-order valence-corrected chi connectivity index (χ2v) is 35.8. The zero-order valence-corrected chi connectivity index (χ0v) is 79.5. The van der Waals surface area contributed by atoms with E-state index in [1.165, 1.54) is 45.0 Å². The van der Waals surface area contributed by atoms with Crippen molar-refractivity contribution < 1.29 is 151 Å². The molecule has 6 aliphatic rings. The van der Waals surface area contributed by atoms with Crippen molar-refractivity contribution in [1.82, 2.24) is 49.7 Å². The van der Waals surface area contributed by atoms with Gasteiger partial charge in [0.2, 0.25) is 16.8 Å². The number of carboxylic acid groups (broad SMARTS) is 1. The van der Waals surface area contributed by atoms with Gasteiger partial charge in [0.1, 0.15) is 51.7 Å². The molecule has 2 N–H and O–H groups in total. The fraction of sp³-hybridized carbons (Fsp3) is 0.424. The zero-order valence-electron chi connectivity index (χ0n) is 78.7. The predicted octanol–water partition coefficient (Wildman–Crippen LogP) is 17.3. The lowest BCUT2D eigenvalue weighted by Gasteiger charge is -2.51. The highest BCUT2D eigenvalue weighted by Crippen LogP contribution is 2.47. The molecule has 5 aromatic carbocycles. The molecule has 6 fully saturated rings. The molecule has 0 spiro atoms. The number of ether oxygens (including phenoxy) is 6. The SMILES string of the molecule is CCCC1N(C(=O)c2cnccc2C(F)(F)F)CCCC1(Oc1ccc(OC(F)F)cc1)C(=O)N1CCN(c2ccccc2OC)CC1.CCC[C@H]1N(C(=O)c2cnccc2C(F)(F)F)CCC[C@@]1(Oc1csc(C(F)(F)F)c1)C(=O)N1CCN(c2ccccc2OCC(=O)NCC(=O)O)CC1.O=C(c1cnccc1C(F)(F)F)N1CCCC(Oc2ccc(C(F)(F)F)cc2)(C(=O)N2CCN(c3ccccc3F)CC2)C1. The van der Waals surface area contributed by atoms with Crippen LogP contribution in [0.25, 0.3) is 0 Å². The summed E-state index contributed by atoms with van der Waals surface area (Å²) in [6, 6.07) is 30.3. The van der Waals surface area contributed by atoms with Crippen molar-refractivity contribution in [3.8, 4) is 34.5 Å². The van der Waals surface area contributed by atoms with Crippen LogP contribution in [0.5, 0.6) is 34.5 Å². The summed E-state index contributed by atoms with van der Waals surface area (Å²) in [5.41, 5.74) is -10.1. The van der Waals surface area contributed by atoms with Gasteiger partial charge in [0.05, 0.1) is 81.7 Å². The van der Waals surface area contributed by atoms with Crippen molar-refractivity contribution in [1.29, 1.82) is 0 Å². The third-order valence-electron chi connectivity index (χ3n) is 25.6. The van der Waals surface area contributed by atoms with Gasteiger partial charge in [0.25, 0.3) is 41.4 Å². The van der Waals surface area contributed by atoms with E-state index in [4.69, 9.17) is 28.8 Å². The minimum atomic E-state index is -4.89. The molecule has 6 saturated heterocycles. The highest BCUT2D eigenvalue weighted by molar-refractivity contribution is 7.10. The summed E-state index contributed by atoms with van der Waals surface area (Å²) in [6.45, 7) is 2.10. The van der Waals surface area contributed by atoms with E-state index in [0.717, 1.165) is 94.4 Å². The Labute approximate surface area is 829 Å². The topological polar surface area (TPSA) is 292 Å². The normalized spacial score (nSPS) is 19.6. The van der Waals surface area contributed by atoms with Crippen molar-refractivity contribution in [2.75, 3.05) is 140 Å². The molecule has 0 aliphatic carbocycles. The van der Waals surface area contributed by atoms with E-state index in [9.17, 15) is 117 Å². The Morgan fingerprint density at radius 1 is 0.452 bits per heavy atom. The molecule has 4 aromatic heterocycles. The van der Waals surface area contributed by atoms with Gasteiger partial charge in [-0.25, -0.2) is 4.39 Å². The molecule has 146 heavy (non-hydrogen) atoms. The van der Waals surface area contributed by atoms with Crippen LogP contribution in [-0.4, -0.2) is 257 Å². The molecule has 0 saturated carbocycles. The minimum absolute atomic E-state index is 0.0114. The number of likely N-dealkylation sites (tertiary alicyclic amines) is 3. The monoisotopic (exact) mass is 2090 g/mol. The van der Waals surface area contributed by atoms with Gasteiger partial charge in [-0.15, -0.1) is 11.3 Å². The van der Waals surface area contributed by atoms with Crippen molar-refractivity contribution in [3.63, 3.8) is 0 Å². The lowest BCUT2D eigenvalue weighted by molar-refractivity contribution is -0.160. The summed E-state index contributed by atoms with van der Waals surface area (Å²) in [6.07, 6.45) is -16.7. The van der Waals surface area contributed by atoms with E-state index in [1.54, 1.807) is 66.3 Å². The number of methoxy groups -OCH3 is 1. The molecule has 9 aromatic rings. The molecule has 3 unspecified atom stereocenters. The number of aliphatic carboxylic acids is 1. The Hall–Kier alpha value is -14.1. The summed E-state index contributed by atoms with van der Waals surface area (Å²) in [4.78, 5) is 132. The smallest absolute Gasteiger partial charge is 0.425 e. The summed E-state index contributed by atoms with van der Waals surface area (Å²) in [5, 5.41) is 12.1. The van der Waals surface area contributed by atoms with Gasteiger partial charge in [-0.3, -0.25) is 53.3 Å². The van der Waals surface area contributed by atoms with Gasteiger partial charge >= 0.3 is 43.5 Å². The Morgan fingerprint density at radius 3 is 1.30 bits per heavy atom. The lowest BCUT2D eigenvalue weighted by Crippen LogP contribution is -2.69. The molecular formula is C99H101F18N13O15S. The summed E-state index contributed by atoms with van der Waals surface area (Å²) in [7, 11) is 1.58. The molecule has 15 rings (SSSR count). The fourth-order valence-corrected chi connectivity index (χ4v) is 19.5. The largest absolute Gasteiger partial charge is 0.495 e. The van der Waals surface area contributed by atoms with Gasteiger partial charge in [0, 0.05) is 160 Å². The maximum absolute atomic E-state index is 14.8. The highest BCUT2D eigenvalue weighted by Gasteiger charge is 2.59. The number of anilines is 3. The van der Waals surface area contributed by atoms with Gasteiger partial charge in [-0.2, -0.15) is 74.6 Å². The number of nitrogens with one attached hydrogen (secondary N) is 1. The summed E-state index contributed by atoms with van der Waals surface area (Å²) < 4.78 is 280. The first-order valence-corrected chi connectivity index (χ1v) is 47.3. The average Bonchev–Trinajstić information content (AvgIpc) is 1.27. The van der Waals surface area contributed by atoms with Crippen LogP contribution in [0.2, 0.25) is 0 Å². The molecule has 7 amide bonds. The van der Waals surface area contributed by atoms with Crippen molar-refractivity contribution in [2.45, 2.75) is 144 Å². The maximum Gasteiger partial charge on any atom is 0.425 e. The number of hydrogen-bond acceptors (Lipinski definition) is 21. The van der Waals surface area contributed by atoms with E-state index in [0.29, 0.717) is 85.4 Å². The fourth-order valence-electron chi connectivity index (χ4n) is 18.9. The van der Waals surface area contributed by atoms with Gasteiger partial charge < -0.3 is 82.9 Å². The highest BCUT2D eigenvalue weighted by atomic mass is 32.1. The number of piperidine rings is 3. The first-order valence-electron chi connectivity index (χ1n) is 46.4. The van der Waals surface area contributed by atoms with E-state index in [1.807, 2.05) is 36.1 Å². The number of amides is 7. The van der Waals surface area contributed by atoms with Gasteiger partial charge in [0.15, 0.2) is 6.61 Å². The van der Waals surface area contributed by atoms with Gasteiger partial charge in [-0.1, -0.05) is 63.1 Å². The molecule has 10 heterocycles. The van der Waals surface area contributed by atoms with Crippen LogP contribution in [-0.2, 0) is 54.9 Å². The number of halogens is 18. The molecular weight excluding hydrogens is 1990 g/mol. The van der Waals surface area contributed by atoms with Crippen LogP contribution in [0.3, 0.4) is 0 Å². The van der Waals surface area contributed by atoms with Crippen LogP contribution < -0.4 is 48.4 Å². The molecule has 0 bridgehead atoms. The number of hydrogen-bond donors (Lipinski definition) is 2. The van der Waals surface area contributed by atoms with Crippen molar-refractivity contribution in [3.05, 3.63) is 238 Å². The lowest BCUT2D eigenvalue weighted by atomic mass is 9.79. The van der Waals surface area contributed by atoms with Crippen LogP contribution in [0.15, 0.2) is 188 Å². The predicted molar refractivity (Wildman–Crippen MR) is 493 cm³/mol. The quantitative estimate of drug-likeness (QED) is 0.0452. The van der Waals surface area contributed by atoms with E-state index in [2.05, 4.69) is 29.9 Å². The first-order chi connectivity index (χ1) is 69.3. The van der Waals surface area contributed by atoms with Crippen LogP contribution in [0.4, 0.5) is 96.1 Å². The van der Waals surface area contributed by atoms with Crippen molar-refractivity contribution >= 4 is 75.7 Å². The number of pyridine rings is 3. The Bertz CT molecular complexity index is 6050. The number of benzene rings is 5. The minimum Gasteiger partial charge on any atom is -0.495 e. The zero-order chi connectivity index (χ0) is 105. The number of alkyl halides is 17. The molecule has 5 atom stereocenters. The number of aromatic nitrogens is 3. The van der Waals surface area contributed by atoms with E-state index in [-0.39, 0.29) is 146 Å². The molecule has 6 aliphatic heterocycles. The van der Waals surface area contributed by atoms with Crippen LogP contribution >= 0.6 is 11.3 Å². The summed E-state index contributed by atoms with van der Waals surface area (Å²) >= 11 is 0.365. The first kappa shape index (κ1) is 109. The number of rotatable bonds is 27. The number of thiophene rings is 1. The van der Waals surface area contributed by atoms with Crippen molar-refractivity contribution in [2.24, 2.45) is 0 Å². The standard InChI is InChI=1S/C35H37F6N5O7S.C34H37F5N4O5.C30H27F7N4O3/c1-2-6-27-33(53-22-17-28(54-21-22)35(39,40)41,10-5-12-46(27)31(50)23-18-42-11-9-24(23)34(36,37)38)32(51)45-15-13-44(14-16-45)25-7-3-4-8-26(25)52-20-29(47)43-19-30(48)49;1-3-7-29-33(48-24-12-10-23(11-13-24)47-32(35)36,15-6-17-43(29)30(44)25-22-40-16-14-26(25)34(37,38)39)31(45)42-20-18-41(19-21-42)27-8-4-5-9-28(27)46-2;31-24-4-1-2-5-25(24)39-14-16-40(17-15-39)27(43)28(44-21-8-6-20(7-9-21)29(32,33)34)11-3-13-41(19-28)26(42)22-18-38-12-10-23(22)30(35,36)37/h3-4,7-9,11,17-18,21,27H,2,5-6,10,12-16,19-20H2,1H3,(H,43,47)(H,48,49);4-5,8-14,16,22,29,32H,3,6-7,15,17-21H2,1-2H3;1-2,4-10,12,18H,3,11,13-17,19H2/t27-,33+;;/m1../s1. The number of piperazine rings is 3. The third kappa shape index (κ3) is 25.7. The van der Waals surface area contributed by atoms with E-state index < -0.39 is 183 Å².